The topological polar surface area (TPSA) is 43.4 Å². The lowest BCUT2D eigenvalue weighted by Crippen LogP contribution is -2.25. The lowest BCUT2D eigenvalue weighted by molar-refractivity contribution is -0.132. The molecular formula is C23H26O3. The summed E-state index contributed by atoms with van der Waals surface area (Å²) in [4.78, 5) is 24.1. The minimum Gasteiger partial charge on any atom is -0.497 e. The molecule has 26 heavy (non-hydrogen) atoms. The first kappa shape index (κ1) is 19.6. The number of rotatable bonds is 9. The van der Waals surface area contributed by atoms with Gasteiger partial charge in [0, 0.05) is 12.8 Å². The Balaban J connectivity index is 2.05. The van der Waals surface area contributed by atoms with Gasteiger partial charge in [-0.05, 0) is 35.2 Å². The van der Waals surface area contributed by atoms with Crippen molar-refractivity contribution in [1.29, 1.82) is 0 Å². The quantitative estimate of drug-likeness (QED) is 0.473. The molecule has 0 aliphatic rings. The number of hydrogen-bond donors (Lipinski definition) is 0. The van der Waals surface area contributed by atoms with Crippen LogP contribution in [-0.4, -0.2) is 18.7 Å². The average molecular weight is 350 g/mol. The molecule has 2 aromatic rings. The van der Waals surface area contributed by atoms with Crippen LogP contribution in [0, 0.1) is 5.92 Å². The van der Waals surface area contributed by atoms with Crippen molar-refractivity contribution in [3.8, 4) is 5.75 Å². The largest absolute Gasteiger partial charge is 0.497 e. The number of carbonyl (C=O) groups excluding carboxylic acids is 2. The van der Waals surface area contributed by atoms with Crippen molar-refractivity contribution in [2.75, 3.05) is 7.11 Å². The maximum atomic E-state index is 12.0. The monoisotopic (exact) mass is 350 g/mol. The van der Waals surface area contributed by atoms with E-state index in [0.717, 1.165) is 22.4 Å². The van der Waals surface area contributed by atoms with Crippen LogP contribution in [0.3, 0.4) is 0 Å². The summed E-state index contributed by atoms with van der Waals surface area (Å²) in [7, 11) is 1.65. The van der Waals surface area contributed by atoms with E-state index >= 15 is 0 Å². The van der Waals surface area contributed by atoms with Crippen molar-refractivity contribution in [1.82, 2.24) is 0 Å². The van der Waals surface area contributed by atoms with E-state index in [-0.39, 0.29) is 11.6 Å². The Hall–Kier alpha value is -2.68. The Morgan fingerprint density at radius 3 is 1.73 bits per heavy atom. The Kier molecular flexibility index (Phi) is 7.34. The van der Waals surface area contributed by atoms with Crippen LogP contribution < -0.4 is 4.74 Å². The lowest BCUT2D eigenvalue weighted by Gasteiger charge is -2.13. The van der Waals surface area contributed by atoms with Crippen LogP contribution in [0.4, 0.5) is 0 Å². The predicted molar refractivity (Wildman–Crippen MR) is 106 cm³/mol. The van der Waals surface area contributed by atoms with Gasteiger partial charge in [-0.1, -0.05) is 62.4 Å². The normalized spacial score (nSPS) is 11.1. The number of methoxy groups -OCH3 is 1. The highest BCUT2D eigenvalue weighted by molar-refractivity contribution is 6.02. The number of carbonyl (C=O) groups is 2. The molecule has 136 valence electrons. The number of hydrogen-bond acceptors (Lipinski definition) is 3. The highest BCUT2D eigenvalue weighted by Crippen LogP contribution is 2.17. The van der Waals surface area contributed by atoms with Gasteiger partial charge in [0.25, 0.3) is 0 Å². The van der Waals surface area contributed by atoms with Crippen molar-refractivity contribution in [2.45, 2.75) is 33.1 Å². The molecule has 0 heterocycles. The molecule has 0 bridgehead atoms. The molecular weight excluding hydrogens is 324 g/mol. The highest BCUT2D eigenvalue weighted by Gasteiger charge is 2.23. The molecule has 0 saturated heterocycles. The summed E-state index contributed by atoms with van der Waals surface area (Å²) < 4.78 is 5.15. The zero-order valence-corrected chi connectivity index (χ0v) is 15.7. The molecule has 3 nitrogen and oxygen atoms in total. The van der Waals surface area contributed by atoms with E-state index < -0.39 is 5.92 Å². The molecule has 0 atom stereocenters. The van der Waals surface area contributed by atoms with Gasteiger partial charge in [-0.2, -0.15) is 0 Å². The predicted octanol–water partition coefficient (Wildman–Crippen LogP) is 4.98. The smallest absolute Gasteiger partial charge is 0.143 e. The maximum Gasteiger partial charge on any atom is 0.143 e. The van der Waals surface area contributed by atoms with Crippen molar-refractivity contribution >= 4 is 23.7 Å². The van der Waals surface area contributed by atoms with E-state index in [4.69, 9.17) is 4.74 Å². The third-order valence-corrected chi connectivity index (χ3v) is 4.48. The molecule has 0 unspecified atom stereocenters. The average Bonchev–Trinajstić information content (AvgIpc) is 2.70. The summed E-state index contributed by atoms with van der Waals surface area (Å²) in [6.45, 7) is 3.62. The second-order valence-corrected chi connectivity index (χ2v) is 6.24. The van der Waals surface area contributed by atoms with Crippen molar-refractivity contribution < 1.29 is 14.3 Å². The standard InChI is InChI=1S/C23H26O3/c1-4-22(24)21(23(25)5-2)16-19-10-8-17(9-11-19)6-7-18-12-14-20(26-3)15-13-18/h6-15,21H,4-5,16H2,1-3H3. The number of Topliss-reactive ketones (excluding diaryl/α,β-unsaturated/α-hetero) is 2. The molecule has 2 aromatic carbocycles. The Labute approximate surface area is 155 Å². The molecule has 3 heteroatoms. The molecule has 0 radical (unpaired) electrons. The molecule has 0 saturated carbocycles. The first-order valence-corrected chi connectivity index (χ1v) is 9.03. The van der Waals surface area contributed by atoms with Gasteiger partial charge >= 0.3 is 0 Å². The fourth-order valence-electron chi connectivity index (χ4n) is 2.81. The van der Waals surface area contributed by atoms with Gasteiger partial charge in [0.15, 0.2) is 0 Å². The minimum absolute atomic E-state index is 0.0281. The number of benzene rings is 2. The minimum atomic E-state index is -0.509. The van der Waals surface area contributed by atoms with E-state index in [2.05, 4.69) is 0 Å². The SMILES string of the molecule is CCC(=O)C(Cc1ccc(C=Cc2ccc(OC)cc2)cc1)C(=O)CC. The molecule has 0 amide bonds. The van der Waals surface area contributed by atoms with Crippen LogP contribution in [0.5, 0.6) is 5.75 Å². The molecule has 0 aliphatic carbocycles. The zero-order chi connectivity index (χ0) is 18.9. The van der Waals surface area contributed by atoms with Gasteiger partial charge in [-0.3, -0.25) is 9.59 Å². The molecule has 0 aromatic heterocycles. The highest BCUT2D eigenvalue weighted by atomic mass is 16.5. The van der Waals surface area contributed by atoms with E-state index in [1.807, 2.05) is 74.5 Å². The molecule has 0 N–H and O–H groups in total. The summed E-state index contributed by atoms with van der Waals surface area (Å²) >= 11 is 0. The van der Waals surface area contributed by atoms with Crippen molar-refractivity contribution in [3.63, 3.8) is 0 Å². The van der Waals surface area contributed by atoms with Crippen LogP contribution >= 0.6 is 0 Å². The van der Waals surface area contributed by atoms with Crippen LogP contribution in [0.25, 0.3) is 12.2 Å². The molecule has 2 rings (SSSR count). The van der Waals surface area contributed by atoms with E-state index in [1.165, 1.54) is 0 Å². The second kappa shape index (κ2) is 9.71. The Bertz CT molecular complexity index is 739. The Morgan fingerprint density at radius 1 is 0.846 bits per heavy atom. The van der Waals surface area contributed by atoms with E-state index in [9.17, 15) is 9.59 Å². The first-order valence-electron chi connectivity index (χ1n) is 9.03. The lowest BCUT2D eigenvalue weighted by atomic mass is 9.89. The third-order valence-electron chi connectivity index (χ3n) is 4.48. The van der Waals surface area contributed by atoms with Crippen LogP contribution in [-0.2, 0) is 16.0 Å². The Morgan fingerprint density at radius 2 is 1.31 bits per heavy atom. The molecule has 0 fully saturated rings. The summed E-state index contributed by atoms with van der Waals surface area (Å²) in [5.74, 6) is 0.385. The van der Waals surface area contributed by atoms with Gasteiger partial charge in [0.05, 0.1) is 13.0 Å². The number of ether oxygens (including phenoxy) is 1. The van der Waals surface area contributed by atoms with Crippen LogP contribution in [0.15, 0.2) is 48.5 Å². The van der Waals surface area contributed by atoms with Crippen LogP contribution in [0.2, 0.25) is 0 Å². The van der Waals surface area contributed by atoms with Crippen molar-refractivity contribution in [2.24, 2.45) is 5.92 Å². The fourth-order valence-corrected chi connectivity index (χ4v) is 2.81. The summed E-state index contributed by atoms with van der Waals surface area (Å²) in [5, 5.41) is 0. The maximum absolute atomic E-state index is 12.0. The molecule has 0 aliphatic heterocycles. The van der Waals surface area contributed by atoms with Crippen LogP contribution in [0.1, 0.15) is 43.4 Å². The third kappa shape index (κ3) is 5.41. The molecule has 0 spiro atoms. The van der Waals surface area contributed by atoms with Gasteiger partial charge in [-0.25, -0.2) is 0 Å². The van der Waals surface area contributed by atoms with E-state index in [1.54, 1.807) is 7.11 Å². The second-order valence-electron chi connectivity index (χ2n) is 6.24. The summed E-state index contributed by atoms with van der Waals surface area (Å²) in [5.41, 5.74) is 3.18. The van der Waals surface area contributed by atoms with Gasteiger partial charge in [-0.15, -0.1) is 0 Å². The van der Waals surface area contributed by atoms with Gasteiger partial charge < -0.3 is 4.74 Å². The zero-order valence-electron chi connectivity index (χ0n) is 15.7. The fraction of sp³-hybridized carbons (Fsp3) is 0.304. The van der Waals surface area contributed by atoms with E-state index in [0.29, 0.717) is 19.3 Å². The first-order chi connectivity index (χ1) is 12.6. The number of ketones is 2. The summed E-state index contributed by atoms with van der Waals surface area (Å²) in [6.07, 6.45) is 5.37. The van der Waals surface area contributed by atoms with Gasteiger partial charge in [0.1, 0.15) is 17.3 Å². The van der Waals surface area contributed by atoms with Gasteiger partial charge in [0.2, 0.25) is 0 Å². The van der Waals surface area contributed by atoms with Crippen molar-refractivity contribution in [3.05, 3.63) is 65.2 Å². The summed E-state index contributed by atoms with van der Waals surface area (Å²) in [6, 6.07) is 15.9.